The van der Waals surface area contributed by atoms with Gasteiger partial charge in [0.15, 0.2) is 17.2 Å². The minimum Gasteiger partial charge on any atom is -0.288 e. The van der Waals surface area contributed by atoms with Crippen LogP contribution in [0.1, 0.15) is 32.0 Å². The van der Waals surface area contributed by atoms with E-state index < -0.39 is 23.2 Å². The minimum atomic E-state index is -0.778. The number of aromatic nitrogens is 2. The standard InChI is InChI=1S/C28H16F2N2O2S/c1-15-10-11-18-19(12-15)26(34)20(25(18)33)13-17-14-23-27(31-28(35-23)16-6-3-2-4-7-16)32(17)24-21(29)8-5-9-22(24)30/h2-14H,1H3/b20-13-. The summed E-state index contributed by atoms with van der Waals surface area (Å²) in [6.07, 6.45) is 1.41. The second-order valence-electron chi connectivity index (χ2n) is 8.31. The highest BCUT2D eigenvalue weighted by atomic mass is 32.1. The number of rotatable bonds is 3. The molecule has 0 fully saturated rings. The van der Waals surface area contributed by atoms with E-state index in [1.807, 2.05) is 37.3 Å². The molecular weight excluding hydrogens is 466 g/mol. The Morgan fingerprint density at radius 1 is 0.857 bits per heavy atom. The summed E-state index contributed by atoms with van der Waals surface area (Å²) in [5.74, 6) is -2.37. The van der Waals surface area contributed by atoms with Crippen molar-refractivity contribution in [2.24, 2.45) is 0 Å². The van der Waals surface area contributed by atoms with Gasteiger partial charge in [0.2, 0.25) is 0 Å². The quantitative estimate of drug-likeness (QED) is 0.210. The second kappa shape index (κ2) is 7.92. The first kappa shape index (κ1) is 21.3. The number of allylic oxidation sites excluding steroid dienone is 1. The maximum absolute atomic E-state index is 14.9. The van der Waals surface area contributed by atoms with E-state index in [4.69, 9.17) is 0 Å². The molecule has 0 unspecified atom stereocenters. The third-order valence-corrected chi connectivity index (χ3v) is 7.05. The van der Waals surface area contributed by atoms with Gasteiger partial charge < -0.3 is 0 Å². The van der Waals surface area contributed by atoms with Crippen molar-refractivity contribution in [3.05, 3.63) is 112 Å². The molecule has 0 saturated carbocycles. The van der Waals surface area contributed by atoms with E-state index in [-0.39, 0.29) is 11.3 Å². The summed E-state index contributed by atoms with van der Waals surface area (Å²) >= 11 is 1.36. The fraction of sp³-hybridized carbons (Fsp3) is 0.0357. The molecule has 0 amide bonds. The largest absolute Gasteiger partial charge is 0.288 e. The van der Waals surface area contributed by atoms with Crippen molar-refractivity contribution in [1.82, 2.24) is 9.55 Å². The van der Waals surface area contributed by atoms with Crippen LogP contribution in [0.5, 0.6) is 0 Å². The van der Waals surface area contributed by atoms with Gasteiger partial charge in [0, 0.05) is 16.7 Å². The first-order valence-corrected chi connectivity index (χ1v) is 11.7. The Labute approximate surface area is 202 Å². The van der Waals surface area contributed by atoms with Crippen molar-refractivity contribution in [3.8, 4) is 16.3 Å². The van der Waals surface area contributed by atoms with Crippen LogP contribution in [0.2, 0.25) is 0 Å². The SMILES string of the molecule is Cc1ccc2c(c1)C(=O)/C(=C\c1cc3sc(-c4ccccc4)nc3n1-c1c(F)cccc1F)C2=O. The highest BCUT2D eigenvalue weighted by Gasteiger charge is 2.33. The number of nitrogens with zero attached hydrogens (tertiary/aromatic N) is 2. The van der Waals surface area contributed by atoms with Crippen molar-refractivity contribution in [3.63, 3.8) is 0 Å². The second-order valence-corrected chi connectivity index (χ2v) is 9.34. The van der Waals surface area contributed by atoms with E-state index in [1.165, 1.54) is 28.0 Å². The first-order chi connectivity index (χ1) is 16.9. The molecule has 0 aliphatic heterocycles. The summed E-state index contributed by atoms with van der Waals surface area (Å²) in [7, 11) is 0. The highest BCUT2D eigenvalue weighted by Crippen LogP contribution is 2.37. The van der Waals surface area contributed by atoms with Crippen molar-refractivity contribution < 1.29 is 18.4 Å². The van der Waals surface area contributed by atoms with Crippen molar-refractivity contribution in [2.75, 3.05) is 0 Å². The van der Waals surface area contributed by atoms with Crippen molar-refractivity contribution >= 4 is 39.3 Å². The normalized spacial score (nSPS) is 14.3. The van der Waals surface area contributed by atoms with Crippen molar-refractivity contribution in [2.45, 2.75) is 6.92 Å². The molecule has 170 valence electrons. The fourth-order valence-corrected chi connectivity index (χ4v) is 5.37. The van der Waals surface area contributed by atoms with Crippen LogP contribution in [0.15, 0.2) is 78.4 Å². The molecule has 0 bridgehead atoms. The molecule has 7 heteroatoms. The highest BCUT2D eigenvalue weighted by molar-refractivity contribution is 7.21. The molecule has 2 heterocycles. The van der Waals surface area contributed by atoms with E-state index in [1.54, 1.807) is 24.3 Å². The molecule has 5 aromatic rings. The van der Waals surface area contributed by atoms with E-state index in [0.29, 0.717) is 32.2 Å². The number of para-hydroxylation sites is 1. The van der Waals surface area contributed by atoms with Gasteiger partial charge in [0.1, 0.15) is 22.3 Å². The number of hydrogen-bond donors (Lipinski definition) is 0. The number of benzene rings is 3. The molecule has 0 atom stereocenters. The lowest BCUT2D eigenvalue weighted by atomic mass is 10.1. The average molecular weight is 483 g/mol. The molecule has 1 aliphatic carbocycles. The Morgan fingerprint density at radius 2 is 1.57 bits per heavy atom. The minimum absolute atomic E-state index is 0.0444. The number of carbonyl (C=O) groups excluding carboxylic acids is 2. The lowest BCUT2D eigenvalue weighted by molar-refractivity contribution is 0.0990. The molecule has 4 nitrogen and oxygen atoms in total. The van der Waals surface area contributed by atoms with Crippen LogP contribution in [0.25, 0.3) is 32.7 Å². The number of Topliss-reactive ketones (excluding diaryl/α,β-unsaturated/α-hetero) is 2. The summed E-state index contributed by atoms with van der Waals surface area (Å²) in [6, 6.07) is 19.9. The molecule has 0 N–H and O–H groups in total. The molecule has 2 aromatic heterocycles. The van der Waals surface area contributed by atoms with Gasteiger partial charge in [-0.2, -0.15) is 0 Å². The summed E-state index contributed by atoms with van der Waals surface area (Å²) < 4.78 is 31.9. The Morgan fingerprint density at radius 3 is 2.31 bits per heavy atom. The third kappa shape index (κ3) is 3.35. The summed E-state index contributed by atoms with van der Waals surface area (Å²) in [4.78, 5) is 30.8. The summed E-state index contributed by atoms with van der Waals surface area (Å²) in [5, 5.41) is 0.691. The van der Waals surface area contributed by atoms with Gasteiger partial charge >= 0.3 is 0 Å². The lowest BCUT2D eigenvalue weighted by Gasteiger charge is -2.10. The number of halogens is 2. The smallest absolute Gasteiger partial charge is 0.197 e. The van der Waals surface area contributed by atoms with Crippen LogP contribution in [0.4, 0.5) is 8.78 Å². The van der Waals surface area contributed by atoms with Crippen molar-refractivity contribution in [1.29, 1.82) is 0 Å². The van der Waals surface area contributed by atoms with E-state index in [0.717, 1.165) is 23.3 Å². The lowest BCUT2D eigenvalue weighted by Crippen LogP contribution is -2.06. The number of thiazole rings is 1. The number of aryl methyl sites for hydroxylation is 1. The summed E-state index contributed by atoms with van der Waals surface area (Å²) in [6.45, 7) is 1.84. The van der Waals surface area contributed by atoms with Crippen LogP contribution in [-0.4, -0.2) is 21.1 Å². The van der Waals surface area contributed by atoms with Gasteiger partial charge in [-0.3, -0.25) is 14.2 Å². The van der Waals surface area contributed by atoms with Gasteiger partial charge in [-0.05, 0) is 37.3 Å². The van der Waals surface area contributed by atoms with Crippen LogP contribution in [0.3, 0.4) is 0 Å². The van der Waals surface area contributed by atoms with Crippen LogP contribution in [0, 0.1) is 18.6 Å². The molecule has 3 aromatic carbocycles. The fourth-order valence-electron chi connectivity index (χ4n) is 4.36. The van der Waals surface area contributed by atoms with Crippen LogP contribution >= 0.6 is 11.3 Å². The molecular formula is C28H16F2N2O2S. The zero-order valence-electron chi connectivity index (χ0n) is 18.4. The Hall–Kier alpha value is -4.23. The topological polar surface area (TPSA) is 52.0 Å². The van der Waals surface area contributed by atoms with Gasteiger partial charge in [0.05, 0.1) is 16.0 Å². The third-order valence-electron chi connectivity index (χ3n) is 6.01. The van der Waals surface area contributed by atoms with Gasteiger partial charge in [-0.25, -0.2) is 13.8 Å². The molecule has 6 rings (SSSR count). The number of ketones is 2. The summed E-state index contributed by atoms with van der Waals surface area (Å²) in [5.41, 5.74) is 2.68. The zero-order chi connectivity index (χ0) is 24.3. The maximum atomic E-state index is 14.9. The monoisotopic (exact) mass is 482 g/mol. The van der Waals surface area contributed by atoms with E-state index >= 15 is 0 Å². The van der Waals surface area contributed by atoms with Crippen LogP contribution < -0.4 is 0 Å². The number of carbonyl (C=O) groups is 2. The average Bonchev–Trinajstić information content (AvgIpc) is 3.47. The Kier molecular flexibility index (Phi) is 4.82. The van der Waals surface area contributed by atoms with E-state index in [9.17, 15) is 18.4 Å². The maximum Gasteiger partial charge on any atom is 0.197 e. The van der Waals surface area contributed by atoms with Gasteiger partial charge in [0.25, 0.3) is 0 Å². The first-order valence-electron chi connectivity index (χ1n) is 10.9. The van der Waals surface area contributed by atoms with Gasteiger partial charge in [-0.15, -0.1) is 11.3 Å². The van der Waals surface area contributed by atoms with E-state index in [2.05, 4.69) is 4.98 Å². The predicted molar refractivity (Wildman–Crippen MR) is 132 cm³/mol. The van der Waals surface area contributed by atoms with Gasteiger partial charge in [-0.1, -0.05) is 54.1 Å². The van der Waals surface area contributed by atoms with Crippen LogP contribution in [-0.2, 0) is 0 Å². The molecule has 35 heavy (non-hydrogen) atoms. The predicted octanol–water partition coefficient (Wildman–Crippen LogP) is 6.80. The molecule has 0 radical (unpaired) electrons. The molecule has 0 saturated heterocycles. The zero-order valence-corrected chi connectivity index (χ0v) is 19.2. The number of hydrogen-bond acceptors (Lipinski definition) is 4. The molecule has 1 aliphatic rings. The Balaban J connectivity index is 1.59. The Bertz CT molecular complexity index is 1690. The number of fused-ring (bicyclic) bond motifs is 2. The molecule has 0 spiro atoms.